The number of hydrogen-bond donors (Lipinski definition) is 4. The van der Waals surface area contributed by atoms with Crippen LogP contribution in [0.15, 0.2) is 65.6 Å². The van der Waals surface area contributed by atoms with Crippen LogP contribution in [0.3, 0.4) is 0 Å². The number of aromatic amines is 1. The second kappa shape index (κ2) is 8.87. The molecule has 168 valence electrons. The summed E-state index contributed by atoms with van der Waals surface area (Å²) in [6.45, 7) is 0. The van der Waals surface area contributed by atoms with Gasteiger partial charge in [0.1, 0.15) is 17.5 Å². The van der Waals surface area contributed by atoms with Gasteiger partial charge in [-0.05, 0) is 23.8 Å². The van der Waals surface area contributed by atoms with Gasteiger partial charge >= 0.3 is 5.97 Å². The lowest BCUT2D eigenvalue weighted by Gasteiger charge is -2.15. The molecule has 1 atom stereocenters. The van der Waals surface area contributed by atoms with Crippen molar-refractivity contribution in [2.24, 2.45) is 0 Å². The Balaban J connectivity index is 1.65. The van der Waals surface area contributed by atoms with E-state index in [1.165, 1.54) is 7.11 Å². The molecule has 0 saturated heterocycles. The third-order valence-electron chi connectivity index (χ3n) is 5.14. The van der Waals surface area contributed by atoms with Crippen LogP contribution < -0.4 is 15.6 Å². The number of carboxylic acids is 1. The van der Waals surface area contributed by atoms with Gasteiger partial charge in [0, 0.05) is 29.6 Å². The number of carbonyl (C=O) groups is 2. The highest BCUT2D eigenvalue weighted by Crippen LogP contribution is 2.22. The first kappa shape index (κ1) is 21.6. The third kappa shape index (κ3) is 4.26. The maximum atomic E-state index is 12.9. The third-order valence-corrected chi connectivity index (χ3v) is 5.14. The van der Waals surface area contributed by atoms with Crippen LogP contribution >= 0.6 is 0 Å². The molecule has 0 aliphatic heterocycles. The number of aromatic hydroxyl groups is 1. The Labute approximate surface area is 187 Å². The summed E-state index contributed by atoms with van der Waals surface area (Å²) < 4.78 is 6.14. The van der Waals surface area contributed by atoms with Crippen LogP contribution in [0.25, 0.3) is 16.6 Å². The largest absolute Gasteiger partial charge is 0.505 e. The van der Waals surface area contributed by atoms with Gasteiger partial charge in [0.2, 0.25) is 0 Å². The van der Waals surface area contributed by atoms with Gasteiger partial charge in [-0.25, -0.2) is 4.79 Å². The van der Waals surface area contributed by atoms with Crippen molar-refractivity contribution < 1.29 is 24.5 Å². The van der Waals surface area contributed by atoms with E-state index in [1.807, 2.05) is 24.3 Å². The van der Waals surface area contributed by atoms with E-state index >= 15 is 0 Å². The molecule has 0 spiro atoms. The standard InChI is InChI=1S/C23H20N4O6/c1-33-19-9-5-4-8-17(19)27-20(29)11-18(28)21(26-27)22(30)25-16(23(31)32)10-13-12-24-15-7-3-2-6-14(13)15/h2-9,11-12,16,24,28H,10H2,1H3,(H,25,30)(H,31,32). The molecule has 10 nitrogen and oxygen atoms in total. The van der Waals surface area contributed by atoms with E-state index in [-0.39, 0.29) is 12.1 Å². The number of nitrogens with one attached hydrogen (secondary N) is 2. The number of ether oxygens (including phenoxy) is 1. The summed E-state index contributed by atoms with van der Waals surface area (Å²) in [5.74, 6) is -2.54. The summed E-state index contributed by atoms with van der Waals surface area (Å²) in [5, 5.41) is 27.1. The van der Waals surface area contributed by atoms with Crippen LogP contribution in [0.5, 0.6) is 11.5 Å². The highest BCUT2D eigenvalue weighted by molar-refractivity contribution is 5.97. The van der Waals surface area contributed by atoms with Crippen LogP contribution in [0, 0.1) is 0 Å². The molecule has 4 rings (SSSR count). The molecule has 0 radical (unpaired) electrons. The Hall–Kier alpha value is -4.60. The van der Waals surface area contributed by atoms with Crippen LogP contribution in [-0.4, -0.2) is 50.0 Å². The molecule has 4 aromatic rings. The van der Waals surface area contributed by atoms with E-state index < -0.39 is 34.9 Å². The average molecular weight is 448 g/mol. The van der Waals surface area contributed by atoms with Gasteiger partial charge < -0.3 is 25.3 Å². The maximum absolute atomic E-state index is 12.9. The Bertz CT molecular complexity index is 1410. The fourth-order valence-corrected chi connectivity index (χ4v) is 3.53. The van der Waals surface area contributed by atoms with Gasteiger partial charge in [-0.2, -0.15) is 9.78 Å². The summed E-state index contributed by atoms with van der Waals surface area (Å²) in [5.41, 5.74) is 0.612. The van der Waals surface area contributed by atoms with E-state index in [1.54, 1.807) is 30.5 Å². The first-order valence-corrected chi connectivity index (χ1v) is 9.94. The zero-order valence-electron chi connectivity index (χ0n) is 17.5. The van der Waals surface area contributed by atoms with Crippen LogP contribution in [-0.2, 0) is 11.2 Å². The summed E-state index contributed by atoms with van der Waals surface area (Å²) in [6.07, 6.45) is 1.68. The van der Waals surface area contributed by atoms with Crippen molar-refractivity contribution in [1.82, 2.24) is 20.1 Å². The van der Waals surface area contributed by atoms with E-state index in [0.29, 0.717) is 11.3 Å². The van der Waals surface area contributed by atoms with Crippen molar-refractivity contribution in [3.05, 3.63) is 82.4 Å². The average Bonchev–Trinajstić information content (AvgIpc) is 3.21. The number of aromatic nitrogens is 3. The quantitative estimate of drug-likeness (QED) is 0.337. The molecule has 2 heterocycles. The smallest absolute Gasteiger partial charge is 0.326 e. The van der Waals surface area contributed by atoms with Crippen LogP contribution in [0.4, 0.5) is 0 Å². The predicted octanol–water partition coefficient (Wildman–Crippen LogP) is 1.85. The highest BCUT2D eigenvalue weighted by Gasteiger charge is 2.26. The Morgan fingerprint density at radius 3 is 2.67 bits per heavy atom. The molecule has 0 saturated carbocycles. The fourth-order valence-electron chi connectivity index (χ4n) is 3.53. The van der Waals surface area contributed by atoms with Crippen molar-refractivity contribution in [1.29, 1.82) is 0 Å². The molecule has 10 heteroatoms. The lowest BCUT2D eigenvalue weighted by atomic mass is 10.0. The van der Waals surface area contributed by atoms with Gasteiger partial charge in [-0.15, -0.1) is 0 Å². The molecule has 4 N–H and O–H groups in total. The van der Waals surface area contributed by atoms with Crippen molar-refractivity contribution in [3.63, 3.8) is 0 Å². The van der Waals surface area contributed by atoms with Crippen LogP contribution in [0.1, 0.15) is 16.1 Å². The second-order valence-corrected chi connectivity index (χ2v) is 7.23. The number of nitrogens with zero attached hydrogens (tertiary/aromatic N) is 2. The monoisotopic (exact) mass is 448 g/mol. The Morgan fingerprint density at radius 1 is 1.18 bits per heavy atom. The van der Waals surface area contributed by atoms with E-state index in [2.05, 4.69) is 15.4 Å². The number of benzene rings is 2. The molecule has 0 aliphatic carbocycles. The van der Waals surface area contributed by atoms with Crippen molar-refractivity contribution >= 4 is 22.8 Å². The summed E-state index contributed by atoms with van der Waals surface area (Å²) in [7, 11) is 1.42. The predicted molar refractivity (Wildman–Crippen MR) is 119 cm³/mol. The number of rotatable bonds is 7. The lowest BCUT2D eigenvalue weighted by Crippen LogP contribution is -2.43. The van der Waals surface area contributed by atoms with Gasteiger partial charge in [0.15, 0.2) is 11.4 Å². The topological polar surface area (TPSA) is 147 Å². The SMILES string of the molecule is COc1ccccc1-n1nc(C(=O)NC(Cc2c[nH]c3ccccc23)C(=O)O)c(O)cc1=O. The van der Waals surface area contributed by atoms with Crippen LogP contribution in [0.2, 0.25) is 0 Å². The number of H-pyrrole nitrogens is 1. The molecule has 0 bridgehead atoms. The molecule has 2 aromatic carbocycles. The van der Waals surface area contributed by atoms with Gasteiger partial charge in [0.25, 0.3) is 11.5 Å². The van der Waals surface area contributed by atoms with Crippen molar-refractivity contribution in [3.8, 4) is 17.2 Å². The number of para-hydroxylation sites is 3. The van der Waals surface area contributed by atoms with Crippen molar-refractivity contribution in [2.75, 3.05) is 7.11 Å². The molecule has 1 unspecified atom stereocenters. The minimum Gasteiger partial charge on any atom is -0.505 e. The lowest BCUT2D eigenvalue weighted by molar-refractivity contribution is -0.139. The minimum atomic E-state index is -1.30. The van der Waals surface area contributed by atoms with Gasteiger partial charge in [0.05, 0.1) is 7.11 Å². The molecule has 1 amide bonds. The molecular weight excluding hydrogens is 428 g/mol. The molecule has 0 aliphatic rings. The first-order chi connectivity index (χ1) is 15.9. The Morgan fingerprint density at radius 2 is 1.91 bits per heavy atom. The van der Waals surface area contributed by atoms with Gasteiger partial charge in [-0.3, -0.25) is 9.59 Å². The van der Waals surface area contributed by atoms with E-state index in [0.717, 1.165) is 21.7 Å². The summed E-state index contributed by atoms with van der Waals surface area (Å²) >= 11 is 0. The number of aliphatic carboxylic acids is 1. The fraction of sp³-hybridized carbons (Fsp3) is 0.130. The summed E-state index contributed by atoms with van der Waals surface area (Å²) in [4.78, 5) is 40.2. The van der Waals surface area contributed by atoms with E-state index in [9.17, 15) is 24.6 Å². The number of fused-ring (bicyclic) bond motifs is 1. The number of carboxylic acid groups (broad SMARTS) is 1. The zero-order chi connectivity index (χ0) is 23.5. The second-order valence-electron chi connectivity index (χ2n) is 7.23. The molecular formula is C23H20N4O6. The maximum Gasteiger partial charge on any atom is 0.326 e. The minimum absolute atomic E-state index is 0.00199. The zero-order valence-corrected chi connectivity index (χ0v) is 17.5. The normalized spacial score (nSPS) is 11.8. The van der Waals surface area contributed by atoms with Crippen molar-refractivity contribution in [2.45, 2.75) is 12.5 Å². The number of methoxy groups -OCH3 is 1. The first-order valence-electron chi connectivity index (χ1n) is 9.94. The number of carbonyl (C=O) groups excluding carboxylic acids is 1. The molecule has 33 heavy (non-hydrogen) atoms. The highest BCUT2D eigenvalue weighted by atomic mass is 16.5. The molecule has 2 aromatic heterocycles. The summed E-state index contributed by atoms with van der Waals surface area (Å²) in [6, 6.07) is 13.4. The number of amides is 1. The number of hydrogen-bond acceptors (Lipinski definition) is 6. The van der Waals surface area contributed by atoms with Gasteiger partial charge in [-0.1, -0.05) is 30.3 Å². The Kier molecular flexibility index (Phi) is 5.81. The molecule has 0 fully saturated rings. The van der Waals surface area contributed by atoms with E-state index in [4.69, 9.17) is 4.74 Å².